The summed E-state index contributed by atoms with van der Waals surface area (Å²) in [6, 6.07) is 0. The Morgan fingerprint density at radius 2 is 2.44 bits per heavy atom. The summed E-state index contributed by atoms with van der Waals surface area (Å²) in [5, 5.41) is 3.24. The topological polar surface area (TPSA) is 36.9 Å². The molecule has 1 atom stereocenters. The number of ether oxygens (including phenoxy) is 1. The summed E-state index contributed by atoms with van der Waals surface area (Å²) in [6.07, 6.45) is 3.02. The highest BCUT2D eigenvalue weighted by Crippen LogP contribution is 2.16. The molecule has 1 unspecified atom stereocenters. The molecule has 0 aliphatic carbocycles. The lowest BCUT2D eigenvalue weighted by molar-refractivity contribution is 0.157. The maximum atomic E-state index is 5.17. The van der Waals surface area contributed by atoms with Crippen molar-refractivity contribution in [3.63, 3.8) is 0 Å². The number of nitrogens with one attached hydrogen (secondary N) is 1. The van der Waals surface area contributed by atoms with Crippen molar-refractivity contribution in [2.75, 3.05) is 40.4 Å². The molecule has 1 fully saturated rings. The molecule has 1 aliphatic rings. The van der Waals surface area contributed by atoms with Crippen LogP contribution in [0.25, 0.3) is 0 Å². The third kappa shape index (κ3) is 4.69. The molecule has 1 N–H and O–H groups in total. The van der Waals surface area contributed by atoms with E-state index < -0.39 is 0 Å². The monoisotopic (exact) mass is 339 g/mol. The Hall–Kier alpha value is -0.300. The first-order valence-corrected chi connectivity index (χ1v) is 5.37. The van der Waals surface area contributed by atoms with Gasteiger partial charge in [-0.2, -0.15) is 0 Å². The Morgan fingerprint density at radius 3 is 3.00 bits per heavy atom. The van der Waals surface area contributed by atoms with E-state index in [1.54, 1.807) is 7.11 Å². The molecule has 94 valence electrons. The highest BCUT2D eigenvalue weighted by Gasteiger charge is 2.24. The zero-order chi connectivity index (χ0) is 11.1. The standard InChI is InChI=1S/C11H21N3O.HI/c1-4-6-13-11(12-2)14-7-5-10(8-14)9-15-3;/h4,10H,1,5-9H2,2-3H3,(H,12,13);1H. The van der Waals surface area contributed by atoms with Crippen LogP contribution in [0.3, 0.4) is 0 Å². The second-order valence-corrected chi connectivity index (χ2v) is 3.77. The van der Waals surface area contributed by atoms with Gasteiger partial charge in [-0.3, -0.25) is 4.99 Å². The van der Waals surface area contributed by atoms with Crippen molar-refractivity contribution in [3.8, 4) is 0 Å². The normalized spacial score (nSPS) is 20.5. The molecule has 0 aromatic carbocycles. The molecule has 5 heteroatoms. The van der Waals surface area contributed by atoms with E-state index in [1.807, 2.05) is 13.1 Å². The van der Waals surface area contributed by atoms with Gasteiger partial charge < -0.3 is 15.0 Å². The van der Waals surface area contributed by atoms with Gasteiger partial charge in [-0.05, 0) is 6.42 Å². The number of methoxy groups -OCH3 is 1. The van der Waals surface area contributed by atoms with Crippen LogP contribution in [-0.4, -0.2) is 51.3 Å². The van der Waals surface area contributed by atoms with Crippen LogP contribution in [0.4, 0.5) is 0 Å². The van der Waals surface area contributed by atoms with Crippen molar-refractivity contribution >= 4 is 29.9 Å². The van der Waals surface area contributed by atoms with E-state index in [4.69, 9.17) is 4.74 Å². The molecular weight excluding hydrogens is 317 g/mol. The number of hydrogen-bond donors (Lipinski definition) is 1. The molecule has 0 aromatic rings. The molecular formula is C11H22IN3O. The molecule has 4 nitrogen and oxygen atoms in total. The van der Waals surface area contributed by atoms with Crippen molar-refractivity contribution in [1.29, 1.82) is 0 Å². The Kier molecular flexibility index (Phi) is 8.64. The van der Waals surface area contributed by atoms with Gasteiger partial charge in [0.05, 0.1) is 6.61 Å². The summed E-state index contributed by atoms with van der Waals surface area (Å²) in [4.78, 5) is 6.52. The number of hydrogen-bond acceptors (Lipinski definition) is 2. The maximum Gasteiger partial charge on any atom is 0.193 e. The molecule has 1 aliphatic heterocycles. The molecule has 1 rings (SSSR count). The lowest BCUT2D eigenvalue weighted by Crippen LogP contribution is -2.40. The van der Waals surface area contributed by atoms with E-state index in [0.717, 1.165) is 32.2 Å². The fourth-order valence-corrected chi connectivity index (χ4v) is 1.89. The number of nitrogens with zero attached hydrogens (tertiary/aromatic N) is 2. The summed E-state index contributed by atoms with van der Waals surface area (Å²) in [7, 11) is 3.57. The second-order valence-electron chi connectivity index (χ2n) is 3.77. The predicted octanol–water partition coefficient (Wildman–Crippen LogP) is 1.33. The Bertz CT molecular complexity index is 233. The predicted molar refractivity (Wildman–Crippen MR) is 78.5 cm³/mol. The fraction of sp³-hybridized carbons (Fsp3) is 0.727. The summed E-state index contributed by atoms with van der Waals surface area (Å²) >= 11 is 0. The zero-order valence-electron chi connectivity index (χ0n) is 10.1. The van der Waals surface area contributed by atoms with Crippen LogP contribution in [-0.2, 0) is 4.74 Å². The van der Waals surface area contributed by atoms with Gasteiger partial charge in [0.1, 0.15) is 0 Å². The lowest BCUT2D eigenvalue weighted by atomic mass is 10.1. The molecule has 16 heavy (non-hydrogen) atoms. The van der Waals surface area contributed by atoms with E-state index in [9.17, 15) is 0 Å². The fourth-order valence-electron chi connectivity index (χ4n) is 1.89. The average Bonchev–Trinajstić information content (AvgIpc) is 2.68. The lowest BCUT2D eigenvalue weighted by Gasteiger charge is -2.20. The van der Waals surface area contributed by atoms with Crippen LogP contribution >= 0.6 is 24.0 Å². The van der Waals surface area contributed by atoms with Crippen LogP contribution in [0.5, 0.6) is 0 Å². The second kappa shape index (κ2) is 8.81. The number of likely N-dealkylation sites (tertiary alicyclic amines) is 1. The first-order valence-electron chi connectivity index (χ1n) is 5.37. The van der Waals surface area contributed by atoms with Gasteiger partial charge in [0.15, 0.2) is 5.96 Å². The van der Waals surface area contributed by atoms with E-state index >= 15 is 0 Å². The van der Waals surface area contributed by atoms with E-state index in [1.165, 1.54) is 6.42 Å². The largest absolute Gasteiger partial charge is 0.384 e. The van der Waals surface area contributed by atoms with Gasteiger partial charge in [0.25, 0.3) is 0 Å². The summed E-state index contributed by atoms with van der Waals surface area (Å²) in [5.41, 5.74) is 0. The molecule has 0 spiro atoms. The quantitative estimate of drug-likeness (QED) is 0.363. The minimum Gasteiger partial charge on any atom is -0.384 e. The molecule has 0 amide bonds. The molecule has 0 saturated carbocycles. The SMILES string of the molecule is C=CCNC(=NC)N1CCC(COC)C1.I. The van der Waals surface area contributed by atoms with Crippen molar-refractivity contribution in [2.24, 2.45) is 10.9 Å². The van der Waals surface area contributed by atoms with Crippen LogP contribution in [0.2, 0.25) is 0 Å². The summed E-state index contributed by atoms with van der Waals surface area (Å²) in [6.45, 7) is 7.38. The first-order chi connectivity index (χ1) is 7.31. The third-order valence-electron chi connectivity index (χ3n) is 2.60. The van der Waals surface area contributed by atoms with E-state index in [2.05, 4.69) is 21.8 Å². The zero-order valence-corrected chi connectivity index (χ0v) is 12.4. The third-order valence-corrected chi connectivity index (χ3v) is 2.60. The minimum absolute atomic E-state index is 0. The highest BCUT2D eigenvalue weighted by atomic mass is 127. The Labute approximate surface area is 115 Å². The van der Waals surface area contributed by atoms with Gasteiger partial charge in [-0.25, -0.2) is 0 Å². The number of halogens is 1. The van der Waals surface area contributed by atoms with Crippen LogP contribution in [0.1, 0.15) is 6.42 Å². The molecule has 0 radical (unpaired) electrons. The van der Waals surface area contributed by atoms with Crippen LogP contribution in [0.15, 0.2) is 17.6 Å². The van der Waals surface area contributed by atoms with Gasteiger partial charge in [-0.1, -0.05) is 6.08 Å². The first kappa shape index (κ1) is 15.7. The van der Waals surface area contributed by atoms with Crippen LogP contribution in [0, 0.1) is 5.92 Å². The van der Waals surface area contributed by atoms with Crippen molar-refractivity contribution < 1.29 is 4.74 Å². The number of rotatable bonds is 4. The van der Waals surface area contributed by atoms with Gasteiger partial charge in [-0.15, -0.1) is 30.6 Å². The average molecular weight is 339 g/mol. The van der Waals surface area contributed by atoms with Crippen LogP contribution < -0.4 is 5.32 Å². The molecule has 1 heterocycles. The van der Waals surface area contributed by atoms with Crippen molar-refractivity contribution in [2.45, 2.75) is 6.42 Å². The maximum absolute atomic E-state index is 5.17. The van der Waals surface area contributed by atoms with E-state index in [0.29, 0.717) is 5.92 Å². The Balaban J connectivity index is 0.00000225. The highest BCUT2D eigenvalue weighted by molar-refractivity contribution is 14.0. The molecule has 0 bridgehead atoms. The molecule has 1 saturated heterocycles. The molecule has 0 aromatic heterocycles. The summed E-state index contributed by atoms with van der Waals surface area (Å²) < 4.78 is 5.17. The smallest absolute Gasteiger partial charge is 0.193 e. The Morgan fingerprint density at radius 1 is 1.69 bits per heavy atom. The number of aliphatic imine (C=N–C) groups is 1. The van der Waals surface area contributed by atoms with Crippen molar-refractivity contribution in [3.05, 3.63) is 12.7 Å². The van der Waals surface area contributed by atoms with Gasteiger partial charge in [0, 0.05) is 39.7 Å². The minimum atomic E-state index is 0. The van der Waals surface area contributed by atoms with E-state index in [-0.39, 0.29) is 24.0 Å². The summed E-state index contributed by atoms with van der Waals surface area (Å²) in [5.74, 6) is 1.60. The van der Waals surface area contributed by atoms with Gasteiger partial charge in [0.2, 0.25) is 0 Å². The van der Waals surface area contributed by atoms with Gasteiger partial charge >= 0.3 is 0 Å². The number of guanidine groups is 1. The van der Waals surface area contributed by atoms with Crippen molar-refractivity contribution in [1.82, 2.24) is 10.2 Å².